The molecule has 0 fully saturated rings. The van der Waals surface area contributed by atoms with Crippen molar-refractivity contribution in [3.8, 4) is 0 Å². The lowest BCUT2D eigenvalue weighted by molar-refractivity contribution is -0.137. The number of nitrogens with one attached hydrogen (secondary N) is 2. The van der Waals surface area contributed by atoms with Crippen LogP contribution in [0.5, 0.6) is 0 Å². The van der Waals surface area contributed by atoms with Gasteiger partial charge in [0.25, 0.3) is 5.56 Å². The predicted molar refractivity (Wildman–Crippen MR) is 127 cm³/mol. The predicted octanol–water partition coefficient (Wildman–Crippen LogP) is 3.59. The fraction of sp³-hybridized carbons (Fsp3) is 0.280. The van der Waals surface area contributed by atoms with Gasteiger partial charge >= 0.3 is 6.18 Å². The Morgan fingerprint density at radius 2 is 1.86 bits per heavy atom. The first-order chi connectivity index (χ1) is 17.0. The molecule has 4 rings (SSSR count). The smallest absolute Gasteiger partial charge is 0.375 e. The molecule has 36 heavy (non-hydrogen) atoms. The number of rotatable bonds is 7. The van der Waals surface area contributed by atoms with Crippen molar-refractivity contribution in [1.29, 1.82) is 0 Å². The van der Waals surface area contributed by atoms with Crippen LogP contribution < -0.4 is 21.9 Å². The fourth-order valence-electron chi connectivity index (χ4n) is 4.27. The molecule has 1 aromatic heterocycles. The minimum atomic E-state index is -4.52. The average molecular weight is 499 g/mol. The minimum absolute atomic E-state index is 0.0697. The van der Waals surface area contributed by atoms with Crippen molar-refractivity contribution in [2.24, 2.45) is 5.73 Å². The summed E-state index contributed by atoms with van der Waals surface area (Å²) in [7, 11) is 0. The Bertz CT molecular complexity index is 1360. The van der Waals surface area contributed by atoms with Gasteiger partial charge in [-0.05, 0) is 36.2 Å². The van der Waals surface area contributed by atoms with Crippen LogP contribution in [0.1, 0.15) is 47.9 Å². The number of amides is 2. The van der Waals surface area contributed by atoms with Gasteiger partial charge in [0.2, 0.25) is 11.8 Å². The van der Waals surface area contributed by atoms with E-state index in [1.807, 2.05) is 0 Å². The summed E-state index contributed by atoms with van der Waals surface area (Å²) in [5.41, 5.74) is 4.96. The summed E-state index contributed by atoms with van der Waals surface area (Å²) in [5.74, 6) is -1.06. The van der Waals surface area contributed by atoms with E-state index in [9.17, 15) is 27.6 Å². The number of primary amides is 1. The number of nitrogens with zero attached hydrogens (tertiary/aromatic N) is 2. The molecule has 0 radical (unpaired) electrons. The number of hydrogen-bond acceptors (Lipinski definition) is 5. The quantitative estimate of drug-likeness (QED) is 0.459. The molecule has 0 saturated carbocycles. The number of aromatic nitrogens is 2. The number of carbonyl (C=O) groups is 2. The van der Waals surface area contributed by atoms with Crippen LogP contribution in [0.25, 0.3) is 0 Å². The second kappa shape index (κ2) is 9.84. The Morgan fingerprint density at radius 3 is 2.53 bits per heavy atom. The number of carbonyl (C=O) groups excluding carboxylic acids is 2. The van der Waals surface area contributed by atoms with Crippen molar-refractivity contribution in [2.45, 2.75) is 44.4 Å². The van der Waals surface area contributed by atoms with Gasteiger partial charge in [-0.15, -0.1) is 0 Å². The van der Waals surface area contributed by atoms with E-state index in [0.29, 0.717) is 11.5 Å². The highest BCUT2D eigenvalue weighted by Gasteiger charge is 2.36. The van der Waals surface area contributed by atoms with E-state index in [1.165, 1.54) is 16.7 Å². The van der Waals surface area contributed by atoms with Crippen LogP contribution in [0.15, 0.2) is 59.4 Å². The largest absolute Gasteiger partial charge is 0.416 e. The lowest BCUT2D eigenvalue weighted by Gasteiger charge is -2.17. The first kappa shape index (κ1) is 25.0. The number of halogens is 3. The highest BCUT2D eigenvalue weighted by atomic mass is 19.4. The third-order valence-electron chi connectivity index (χ3n) is 5.98. The van der Waals surface area contributed by atoms with E-state index >= 15 is 0 Å². The Morgan fingerprint density at radius 1 is 1.14 bits per heavy atom. The summed E-state index contributed by atoms with van der Waals surface area (Å²) in [6, 6.07) is 12.5. The number of alkyl halides is 3. The molecule has 8 nitrogen and oxygen atoms in total. The van der Waals surface area contributed by atoms with E-state index < -0.39 is 35.2 Å². The van der Waals surface area contributed by atoms with Crippen molar-refractivity contribution >= 4 is 23.2 Å². The normalized spacial score (nSPS) is 16.9. The van der Waals surface area contributed by atoms with Crippen molar-refractivity contribution in [3.63, 3.8) is 0 Å². The van der Waals surface area contributed by atoms with Gasteiger partial charge in [0, 0.05) is 18.2 Å². The molecule has 0 bridgehead atoms. The van der Waals surface area contributed by atoms with E-state index in [4.69, 9.17) is 5.73 Å². The maximum atomic E-state index is 13.5. The molecule has 2 aromatic carbocycles. The number of benzene rings is 2. The van der Waals surface area contributed by atoms with E-state index in [1.54, 1.807) is 37.3 Å². The molecule has 188 valence electrons. The summed E-state index contributed by atoms with van der Waals surface area (Å²) in [6.07, 6.45) is -4.50. The Balaban J connectivity index is 1.69. The molecule has 1 aliphatic rings. The Kier molecular flexibility index (Phi) is 6.82. The third kappa shape index (κ3) is 5.24. The van der Waals surface area contributed by atoms with Crippen molar-refractivity contribution in [1.82, 2.24) is 9.55 Å². The van der Waals surface area contributed by atoms with Gasteiger partial charge in [0.15, 0.2) is 0 Å². The van der Waals surface area contributed by atoms with Crippen LogP contribution in [0.3, 0.4) is 0 Å². The number of fused-ring (bicyclic) bond motifs is 1. The molecule has 2 unspecified atom stereocenters. The van der Waals surface area contributed by atoms with Gasteiger partial charge in [-0.3, -0.25) is 19.0 Å². The second-order valence-corrected chi connectivity index (χ2v) is 8.66. The zero-order chi connectivity index (χ0) is 26.0. The molecule has 11 heteroatoms. The van der Waals surface area contributed by atoms with Crippen LogP contribution in [-0.4, -0.2) is 21.4 Å². The van der Waals surface area contributed by atoms with Crippen LogP contribution in [0.4, 0.5) is 24.5 Å². The van der Waals surface area contributed by atoms with Crippen LogP contribution >= 0.6 is 0 Å². The summed E-state index contributed by atoms with van der Waals surface area (Å²) in [4.78, 5) is 42.7. The molecule has 4 N–H and O–H groups in total. The first-order valence-electron chi connectivity index (χ1n) is 11.2. The summed E-state index contributed by atoms with van der Waals surface area (Å²) < 4.78 is 40.6. The number of hydrogen-bond donors (Lipinski definition) is 3. The third-order valence-corrected chi connectivity index (χ3v) is 5.98. The van der Waals surface area contributed by atoms with Gasteiger partial charge < -0.3 is 16.4 Å². The highest BCUT2D eigenvalue weighted by molar-refractivity contribution is 5.92. The fourth-order valence-corrected chi connectivity index (χ4v) is 4.27. The molecule has 2 amide bonds. The molecule has 2 heterocycles. The molecular formula is C25H24F3N5O3. The molecule has 0 spiro atoms. The molecule has 3 aromatic rings. The maximum absolute atomic E-state index is 13.5. The zero-order valence-corrected chi connectivity index (χ0v) is 19.3. The summed E-state index contributed by atoms with van der Waals surface area (Å²) in [6.45, 7) is 1.66. The average Bonchev–Trinajstić information content (AvgIpc) is 3.16. The van der Waals surface area contributed by atoms with E-state index in [2.05, 4.69) is 15.6 Å². The lowest BCUT2D eigenvalue weighted by atomic mass is 10.1. The van der Waals surface area contributed by atoms with Gasteiger partial charge in [-0.25, -0.2) is 4.98 Å². The van der Waals surface area contributed by atoms with Gasteiger partial charge in [0.05, 0.1) is 17.7 Å². The molecule has 1 aliphatic heterocycles. The highest BCUT2D eigenvalue weighted by Crippen LogP contribution is 2.34. The topological polar surface area (TPSA) is 119 Å². The monoisotopic (exact) mass is 499 g/mol. The van der Waals surface area contributed by atoms with Gasteiger partial charge in [0.1, 0.15) is 17.6 Å². The van der Waals surface area contributed by atoms with Crippen molar-refractivity contribution < 1.29 is 22.8 Å². The molecule has 0 aliphatic carbocycles. The standard InChI is InChI=1S/C25H24F3N5O3/c1-14-10-19(22(29)35)33-23(14)32-18(12-20(34)31-17-8-3-2-4-9-17)21(24(33)36)30-13-15-6-5-7-16(11-15)25(26,27)28/h2-9,11,14,19,30H,10,12-13H2,1H3,(H2,29,35)(H,31,34). The second-order valence-electron chi connectivity index (χ2n) is 8.66. The minimum Gasteiger partial charge on any atom is -0.375 e. The number of anilines is 2. The summed E-state index contributed by atoms with van der Waals surface area (Å²) in [5, 5.41) is 5.58. The van der Waals surface area contributed by atoms with Gasteiger partial charge in [-0.1, -0.05) is 37.3 Å². The Hall–Kier alpha value is -4.15. The van der Waals surface area contributed by atoms with Gasteiger partial charge in [-0.2, -0.15) is 13.2 Å². The maximum Gasteiger partial charge on any atom is 0.416 e. The molecular weight excluding hydrogens is 475 g/mol. The van der Waals surface area contributed by atoms with E-state index in [-0.39, 0.29) is 42.2 Å². The van der Waals surface area contributed by atoms with E-state index in [0.717, 1.165) is 12.1 Å². The number of nitrogens with two attached hydrogens (primary N) is 1. The summed E-state index contributed by atoms with van der Waals surface area (Å²) >= 11 is 0. The number of para-hydroxylation sites is 1. The van der Waals surface area contributed by atoms with Crippen molar-refractivity contribution in [3.05, 3.63) is 87.6 Å². The lowest BCUT2D eigenvalue weighted by Crippen LogP contribution is -2.35. The molecule has 2 atom stereocenters. The SMILES string of the molecule is CC1CC(C(N)=O)n2c1nc(CC(=O)Nc1ccccc1)c(NCc1cccc(C(F)(F)F)c1)c2=O. The van der Waals surface area contributed by atoms with Crippen LogP contribution in [0, 0.1) is 0 Å². The Labute approximate surface area is 204 Å². The van der Waals surface area contributed by atoms with Crippen molar-refractivity contribution in [2.75, 3.05) is 10.6 Å². The zero-order valence-electron chi connectivity index (χ0n) is 19.3. The van der Waals surface area contributed by atoms with Crippen LogP contribution in [-0.2, 0) is 28.7 Å². The first-order valence-corrected chi connectivity index (χ1v) is 11.2. The molecule has 0 saturated heterocycles. The van der Waals surface area contributed by atoms with Crippen LogP contribution in [0.2, 0.25) is 0 Å².